The normalized spacial score (nSPS) is 11.9. The van der Waals surface area contributed by atoms with Crippen molar-refractivity contribution in [2.45, 2.75) is 19.4 Å². The molecule has 0 fully saturated rings. The lowest BCUT2D eigenvalue weighted by molar-refractivity contribution is -0.383. The van der Waals surface area contributed by atoms with Crippen LogP contribution >= 0.6 is 11.3 Å². The van der Waals surface area contributed by atoms with Gasteiger partial charge in [-0.3, -0.25) is 16.0 Å². The van der Waals surface area contributed by atoms with Crippen molar-refractivity contribution in [3.63, 3.8) is 0 Å². The molecule has 2 rings (SSSR count). The molecule has 7 nitrogen and oxygen atoms in total. The number of anilines is 2. The molecule has 0 spiro atoms. The van der Waals surface area contributed by atoms with Crippen molar-refractivity contribution in [2.75, 3.05) is 10.7 Å². The Labute approximate surface area is 120 Å². The molecule has 8 heteroatoms. The van der Waals surface area contributed by atoms with Crippen LogP contribution in [-0.4, -0.2) is 9.91 Å². The highest BCUT2D eigenvalue weighted by Crippen LogP contribution is 2.35. The highest BCUT2D eigenvalue weighted by atomic mass is 32.1. The molecule has 1 atom stereocenters. The number of rotatable bonds is 6. The lowest BCUT2D eigenvalue weighted by atomic mass is 10.2. The van der Waals surface area contributed by atoms with Gasteiger partial charge in [0.25, 0.3) is 0 Å². The molecule has 0 aliphatic rings. The smallest absolute Gasteiger partial charge is 0.316 e. The zero-order chi connectivity index (χ0) is 14.5. The van der Waals surface area contributed by atoms with Crippen LogP contribution in [0.15, 0.2) is 29.8 Å². The molecule has 106 valence electrons. The average molecular weight is 293 g/mol. The Morgan fingerprint density at radius 1 is 1.50 bits per heavy atom. The zero-order valence-corrected chi connectivity index (χ0v) is 11.7. The minimum atomic E-state index is -0.452. The van der Waals surface area contributed by atoms with E-state index >= 15 is 0 Å². The number of hydrogen-bond acceptors (Lipinski definition) is 7. The summed E-state index contributed by atoms with van der Waals surface area (Å²) in [6.45, 7) is 2.00. The molecular formula is C12H15N5O2S. The van der Waals surface area contributed by atoms with Crippen molar-refractivity contribution < 1.29 is 4.92 Å². The Balaban J connectivity index is 2.35. The number of nitrogens with one attached hydrogen (secondary N) is 2. The molecular weight excluding hydrogens is 278 g/mol. The van der Waals surface area contributed by atoms with Crippen LogP contribution in [0.4, 0.5) is 17.1 Å². The number of benzene rings is 1. The lowest BCUT2D eigenvalue weighted by Gasteiger charge is -2.16. The van der Waals surface area contributed by atoms with E-state index in [1.54, 1.807) is 24.4 Å². The van der Waals surface area contributed by atoms with Crippen LogP contribution in [0.3, 0.4) is 0 Å². The van der Waals surface area contributed by atoms with Gasteiger partial charge in [-0.05, 0) is 18.6 Å². The van der Waals surface area contributed by atoms with Gasteiger partial charge in [0, 0.05) is 11.6 Å². The van der Waals surface area contributed by atoms with Gasteiger partial charge in [0.15, 0.2) is 0 Å². The van der Waals surface area contributed by atoms with Crippen molar-refractivity contribution in [2.24, 2.45) is 5.84 Å². The maximum atomic E-state index is 11.2. The van der Waals surface area contributed by atoms with E-state index in [1.165, 1.54) is 11.3 Å². The average Bonchev–Trinajstić information content (AvgIpc) is 2.97. The van der Waals surface area contributed by atoms with Gasteiger partial charge in [0.2, 0.25) is 0 Å². The first kappa shape index (κ1) is 14.2. The topological polar surface area (TPSA) is 106 Å². The minimum absolute atomic E-state index is 0.0648. The number of aromatic nitrogens is 1. The van der Waals surface area contributed by atoms with Crippen molar-refractivity contribution in [3.05, 3.63) is 44.9 Å². The fraction of sp³-hybridized carbons (Fsp3) is 0.250. The van der Waals surface area contributed by atoms with Gasteiger partial charge in [0.05, 0.1) is 11.0 Å². The van der Waals surface area contributed by atoms with Crippen molar-refractivity contribution in [1.29, 1.82) is 0 Å². The zero-order valence-electron chi connectivity index (χ0n) is 10.9. The predicted molar refractivity (Wildman–Crippen MR) is 79.7 cm³/mol. The van der Waals surface area contributed by atoms with E-state index in [9.17, 15) is 10.1 Å². The number of nitrogen functional groups attached to an aromatic ring is 1. The fourth-order valence-electron chi connectivity index (χ4n) is 1.91. The lowest BCUT2D eigenvalue weighted by Crippen LogP contribution is -2.13. The largest absolute Gasteiger partial charge is 0.370 e. The van der Waals surface area contributed by atoms with Crippen LogP contribution in [0.25, 0.3) is 0 Å². The Morgan fingerprint density at radius 3 is 2.80 bits per heavy atom. The molecule has 0 aliphatic carbocycles. The number of nitro groups is 1. The number of thiazole rings is 1. The molecule has 0 aliphatic heterocycles. The van der Waals surface area contributed by atoms with Crippen LogP contribution in [0.5, 0.6) is 0 Å². The highest BCUT2D eigenvalue weighted by Gasteiger charge is 2.22. The first-order valence-corrected chi connectivity index (χ1v) is 6.95. The molecule has 1 heterocycles. The summed E-state index contributed by atoms with van der Waals surface area (Å²) < 4.78 is 0. The number of para-hydroxylation sites is 1. The third-order valence-electron chi connectivity index (χ3n) is 2.86. The summed E-state index contributed by atoms with van der Waals surface area (Å²) in [5, 5.41) is 17.2. The number of hydrogen-bond donors (Lipinski definition) is 3. The van der Waals surface area contributed by atoms with Crippen molar-refractivity contribution >= 4 is 28.4 Å². The van der Waals surface area contributed by atoms with Crippen LogP contribution in [0.2, 0.25) is 0 Å². The summed E-state index contributed by atoms with van der Waals surface area (Å²) >= 11 is 1.52. The van der Waals surface area contributed by atoms with Crippen LogP contribution in [-0.2, 0) is 0 Å². The second kappa shape index (κ2) is 6.31. The van der Waals surface area contributed by atoms with E-state index in [4.69, 9.17) is 5.84 Å². The van der Waals surface area contributed by atoms with E-state index in [0.29, 0.717) is 5.69 Å². The standard InChI is InChI=1S/C12H15N5O2S/c1-2-8(12-14-6-7-20-12)15-9-4-3-5-10(16-13)11(9)17(18)19/h3-8,15-16H,2,13H2,1H3. The quantitative estimate of drug-likeness (QED) is 0.429. The number of nitro benzene ring substituents is 1. The molecule has 4 N–H and O–H groups in total. The molecule has 1 aromatic carbocycles. The molecule has 0 saturated carbocycles. The van der Waals surface area contributed by atoms with E-state index in [0.717, 1.165) is 11.4 Å². The first-order valence-electron chi connectivity index (χ1n) is 6.07. The van der Waals surface area contributed by atoms with Crippen LogP contribution in [0, 0.1) is 10.1 Å². The third kappa shape index (κ3) is 2.86. The van der Waals surface area contributed by atoms with Gasteiger partial charge < -0.3 is 10.7 Å². The van der Waals surface area contributed by atoms with Crippen molar-refractivity contribution in [1.82, 2.24) is 4.98 Å². The maximum Gasteiger partial charge on any atom is 0.316 e. The van der Waals surface area contributed by atoms with Gasteiger partial charge in [-0.2, -0.15) is 0 Å². The van der Waals surface area contributed by atoms with Crippen LogP contribution in [0.1, 0.15) is 24.4 Å². The fourth-order valence-corrected chi connectivity index (χ4v) is 2.68. The van der Waals surface area contributed by atoms with Gasteiger partial charge in [-0.1, -0.05) is 13.0 Å². The number of nitrogens with two attached hydrogens (primary N) is 1. The second-order valence-electron chi connectivity index (χ2n) is 4.08. The van der Waals surface area contributed by atoms with E-state index in [2.05, 4.69) is 15.7 Å². The number of nitrogens with zero attached hydrogens (tertiary/aromatic N) is 2. The minimum Gasteiger partial charge on any atom is -0.370 e. The molecule has 0 bridgehead atoms. The summed E-state index contributed by atoms with van der Waals surface area (Å²) in [7, 11) is 0. The van der Waals surface area contributed by atoms with E-state index in [-0.39, 0.29) is 17.4 Å². The van der Waals surface area contributed by atoms with Gasteiger partial charge >= 0.3 is 5.69 Å². The summed E-state index contributed by atoms with van der Waals surface area (Å²) in [6.07, 6.45) is 2.49. The molecule has 0 saturated heterocycles. The summed E-state index contributed by atoms with van der Waals surface area (Å²) in [5.74, 6) is 5.32. The first-order chi connectivity index (χ1) is 9.67. The highest BCUT2D eigenvalue weighted by molar-refractivity contribution is 7.09. The monoisotopic (exact) mass is 293 g/mol. The van der Waals surface area contributed by atoms with Gasteiger partial charge in [-0.15, -0.1) is 11.3 Å². The second-order valence-corrected chi connectivity index (χ2v) is 5.00. The van der Waals surface area contributed by atoms with Crippen molar-refractivity contribution in [3.8, 4) is 0 Å². The maximum absolute atomic E-state index is 11.2. The Bertz CT molecular complexity index is 588. The summed E-state index contributed by atoms with van der Waals surface area (Å²) in [6, 6.07) is 4.86. The van der Waals surface area contributed by atoms with Gasteiger partial charge in [0.1, 0.15) is 16.4 Å². The molecule has 0 amide bonds. The van der Waals surface area contributed by atoms with E-state index in [1.807, 2.05) is 12.3 Å². The SMILES string of the molecule is CCC(Nc1cccc(NN)c1[N+](=O)[O-])c1nccs1. The molecule has 2 aromatic rings. The van der Waals surface area contributed by atoms with Crippen LogP contribution < -0.4 is 16.6 Å². The molecule has 1 unspecified atom stereocenters. The Hall–Kier alpha value is -2.19. The Morgan fingerprint density at radius 2 is 2.25 bits per heavy atom. The van der Waals surface area contributed by atoms with Gasteiger partial charge in [-0.25, -0.2) is 4.98 Å². The Kier molecular flexibility index (Phi) is 4.49. The molecule has 1 aromatic heterocycles. The molecule has 20 heavy (non-hydrogen) atoms. The summed E-state index contributed by atoms with van der Waals surface area (Å²) in [4.78, 5) is 15.0. The molecule has 0 radical (unpaired) electrons. The summed E-state index contributed by atoms with van der Waals surface area (Å²) in [5.41, 5.74) is 2.98. The van der Waals surface area contributed by atoms with E-state index < -0.39 is 4.92 Å². The predicted octanol–water partition coefficient (Wildman–Crippen LogP) is 2.90. The number of hydrazine groups is 1. The third-order valence-corrected chi connectivity index (χ3v) is 3.75.